The van der Waals surface area contributed by atoms with Crippen molar-refractivity contribution >= 4 is 10.9 Å². The maximum Gasteiger partial charge on any atom is 0.0927 e. The summed E-state index contributed by atoms with van der Waals surface area (Å²) in [4.78, 5) is 0. The van der Waals surface area contributed by atoms with E-state index in [9.17, 15) is 0 Å². The molecule has 1 aromatic heterocycles. The standard InChI is InChI=1S/C16H16N2O/c1-12(11-19)13-6-8-15(9-7-13)18-10-14-4-2-3-5-16(14)17-18/h2-10,12,19H,11H2,1H3. The van der Waals surface area contributed by atoms with Crippen molar-refractivity contribution in [1.29, 1.82) is 0 Å². The van der Waals surface area contributed by atoms with Crippen LogP contribution in [0, 0.1) is 0 Å². The molecule has 0 bridgehead atoms. The lowest BCUT2D eigenvalue weighted by Crippen LogP contribution is -2.00. The first-order valence-electron chi connectivity index (χ1n) is 6.43. The van der Waals surface area contributed by atoms with Gasteiger partial charge in [0.05, 0.1) is 11.2 Å². The molecule has 96 valence electrons. The molecule has 19 heavy (non-hydrogen) atoms. The van der Waals surface area contributed by atoms with Crippen molar-refractivity contribution in [2.45, 2.75) is 12.8 Å². The van der Waals surface area contributed by atoms with E-state index in [1.165, 1.54) is 0 Å². The summed E-state index contributed by atoms with van der Waals surface area (Å²) in [5.41, 5.74) is 3.17. The highest BCUT2D eigenvalue weighted by Crippen LogP contribution is 2.19. The normalized spacial score (nSPS) is 12.7. The van der Waals surface area contributed by atoms with E-state index in [-0.39, 0.29) is 12.5 Å². The van der Waals surface area contributed by atoms with E-state index in [2.05, 4.69) is 11.2 Å². The van der Waals surface area contributed by atoms with E-state index in [1.54, 1.807) is 0 Å². The second kappa shape index (κ2) is 4.86. The SMILES string of the molecule is CC(CO)c1ccc(-n2cc3ccccc3n2)cc1. The van der Waals surface area contributed by atoms with Gasteiger partial charge >= 0.3 is 0 Å². The van der Waals surface area contributed by atoms with Crippen molar-refractivity contribution in [3.05, 3.63) is 60.3 Å². The Morgan fingerprint density at radius 1 is 1.11 bits per heavy atom. The van der Waals surface area contributed by atoms with Crippen LogP contribution < -0.4 is 0 Å². The van der Waals surface area contributed by atoms with Gasteiger partial charge in [-0.05, 0) is 23.8 Å². The number of hydrogen-bond acceptors (Lipinski definition) is 2. The lowest BCUT2D eigenvalue weighted by molar-refractivity contribution is 0.273. The number of hydrogen-bond donors (Lipinski definition) is 1. The second-order valence-electron chi connectivity index (χ2n) is 4.81. The molecule has 1 heterocycles. The highest BCUT2D eigenvalue weighted by atomic mass is 16.3. The first-order valence-corrected chi connectivity index (χ1v) is 6.43. The van der Waals surface area contributed by atoms with Crippen LogP contribution in [-0.2, 0) is 0 Å². The minimum absolute atomic E-state index is 0.172. The van der Waals surface area contributed by atoms with Gasteiger partial charge in [0.1, 0.15) is 0 Å². The van der Waals surface area contributed by atoms with Gasteiger partial charge in [-0.15, -0.1) is 0 Å². The average Bonchev–Trinajstić information content (AvgIpc) is 2.90. The Kier molecular flexibility index (Phi) is 3.05. The predicted molar refractivity (Wildman–Crippen MR) is 76.6 cm³/mol. The summed E-state index contributed by atoms with van der Waals surface area (Å²) in [5.74, 6) is 0.172. The molecule has 0 aliphatic carbocycles. The molecular weight excluding hydrogens is 236 g/mol. The van der Waals surface area contributed by atoms with Gasteiger partial charge in [-0.3, -0.25) is 0 Å². The highest BCUT2D eigenvalue weighted by molar-refractivity contribution is 5.78. The topological polar surface area (TPSA) is 38.0 Å². The fraction of sp³-hybridized carbons (Fsp3) is 0.188. The number of benzene rings is 2. The fourth-order valence-electron chi connectivity index (χ4n) is 2.16. The largest absolute Gasteiger partial charge is 0.396 e. The molecule has 0 amide bonds. The molecule has 0 saturated carbocycles. The van der Waals surface area contributed by atoms with Gasteiger partial charge in [-0.2, -0.15) is 5.10 Å². The minimum Gasteiger partial charge on any atom is -0.396 e. The minimum atomic E-state index is 0.172. The Morgan fingerprint density at radius 3 is 2.53 bits per heavy atom. The molecule has 3 nitrogen and oxygen atoms in total. The third-order valence-electron chi connectivity index (χ3n) is 3.41. The Labute approximate surface area is 112 Å². The molecule has 2 aromatic carbocycles. The predicted octanol–water partition coefficient (Wildman–Crippen LogP) is 3.12. The molecule has 1 atom stereocenters. The maximum absolute atomic E-state index is 9.15. The zero-order valence-electron chi connectivity index (χ0n) is 10.8. The van der Waals surface area contributed by atoms with E-state index in [1.807, 2.05) is 60.3 Å². The van der Waals surface area contributed by atoms with Crippen LogP contribution in [0.4, 0.5) is 0 Å². The Hall–Kier alpha value is -2.13. The van der Waals surface area contributed by atoms with Gasteiger partial charge in [-0.25, -0.2) is 4.68 Å². The quantitative estimate of drug-likeness (QED) is 0.777. The first kappa shape index (κ1) is 11.9. The van der Waals surface area contributed by atoms with Crippen LogP contribution in [0.5, 0.6) is 0 Å². The van der Waals surface area contributed by atoms with Crippen molar-refractivity contribution in [2.24, 2.45) is 0 Å². The molecule has 0 saturated heterocycles. The molecule has 0 spiro atoms. The Balaban J connectivity index is 1.97. The van der Waals surface area contributed by atoms with Gasteiger partial charge in [0.25, 0.3) is 0 Å². The maximum atomic E-state index is 9.15. The van der Waals surface area contributed by atoms with Crippen LogP contribution in [0.15, 0.2) is 54.7 Å². The number of aliphatic hydroxyl groups is 1. The van der Waals surface area contributed by atoms with E-state index in [0.717, 1.165) is 22.2 Å². The molecule has 0 aliphatic heterocycles. The van der Waals surface area contributed by atoms with Crippen LogP contribution in [0.25, 0.3) is 16.6 Å². The van der Waals surface area contributed by atoms with Gasteiger partial charge in [-0.1, -0.05) is 37.3 Å². The van der Waals surface area contributed by atoms with Crippen LogP contribution in [0.3, 0.4) is 0 Å². The number of rotatable bonds is 3. The summed E-state index contributed by atoms with van der Waals surface area (Å²) >= 11 is 0. The zero-order valence-corrected chi connectivity index (χ0v) is 10.8. The lowest BCUT2D eigenvalue weighted by atomic mass is 10.0. The monoisotopic (exact) mass is 252 g/mol. The molecule has 0 aliphatic rings. The molecule has 1 N–H and O–H groups in total. The molecule has 3 aromatic rings. The molecular formula is C16H16N2O. The van der Waals surface area contributed by atoms with Crippen molar-refractivity contribution in [1.82, 2.24) is 9.78 Å². The molecule has 3 heteroatoms. The van der Waals surface area contributed by atoms with E-state index < -0.39 is 0 Å². The summed E-state index contributed by atoms with van der Waals surface area (Å²) in [7, 11) is 0. The molecule has 0 fully saturated rings. The summed E-state index contributed by atoms with van der Waals surface area (Å²) < 4.78 is 1.89. The highest BCUT2D eigenvalue weighted by Gasteiger charge is 2.05. The lowest BCUT2D eigenvalue weighted by Gasteiger charge is -2.09. The van der Waals surface area contributed by atoms with Crippen LogP contribution in [0.2, 0.25) is 0 Å². The van der Waals surface area contributed by atoms with Gasteiger partial charge in [0.15, 0.2) is 0 Å². The van der Waals surface area contributed by atoms with E-state index in [4.69, 9.17) is 5.11 Å². The van der Waals surface area contributed by atoms with Gasteiger partial charge in [0, 0.05) is 24.1 Å². The summed E-state index contributed by atoms with van der Waals surface area (Å²) in [6.45, 7) is 2.18. The smallest absolute Gasteiger partial charge is 0.0927 e. The van der Waals surface area contributed by atoms with Crippen LogP contribution in [-0.4, -0.2) is 21.5 Å². The van der Waals surface area contributed by atoms with Gasteiger partial charge < -0.3 is 5.11 Å². The summed E-state index contributed by atoms with van der Waals surface area (Å²) in [6, 6.07) is 16.2. The number of aromatic nitrogens is 2. The third kappa shape index (κ3) is 2.25. The fourth-order valence-corrected chi connectivity index (χ4v) is 2.16. The molecule has 3 rings (SSSR count). The van der Waals surface area contributed by atoms with Crippen molar-refractivity contribution in [3.63, 3.8) is 0 Å². The zero-order chi connectivity index (χ0) is 13.2. The molecule has 1 unspecified atom stereocenters. The Bertz CT molecular complexity index is 652. The third-order valence-corrected chi connectivity index (χ3v) is 3.41. The number of fused-ring (bicyclic) bond motifs is 1. The number of nitrogens with zero attached hydrogens (tertiary/aromatic N) is 2. The Morgan fingerprint density at radius 2 is 1.84 bits per heavy atom. The first-order chi connectivity index (χ1) is 9.28. The van der Waals surface area contributed by atoms with E-state index in [0.29, 0.717) is 0 Å². The summed E-state index contributed by atoms with van der Waals surface area (Å²) in [5, 5.41) is 14.8. The summed E-state index contributed by atoms with van der Waals surface area (Å²) in [6.07, 6.45) is 2.03. The number of aliphatic hydroxyl groups excluding tert-OH is 1. The average molecular weight is 252 g/mol. The van der Waals surface area contributed by atoms with Crippen LogP contribution >= 0.6 is 0 Å². The van der Waals surface area contributed by atoms with E-state index >= 15 is 0 Å². The van der Waals surface area contributed by atoms with Crippen molar-refractivity contribution in [3.8, 4) is 5.69 Å². The van der Waals surface area contributed by atoms with Crippen molar-refractivity contribution < 1.29 is 5.11 Å². The molecule has 0 radical (unpaired) electrons. The van der Waals surface area contributed by atoms with Crippen LogP contribution in [0.1, 0.15) is 18.4 Å². The van der Waals surface area contributed by atoms with Gasteiger partial charge in [0.2, 0.25) is 0 Å². The van der Waals surface area contributed by atoms with Crippen molar-refractivity contribution in [2.75, 3.05) is 6.61 Å². The second-order valence-corrected chi connectivity index (χ2v) is 4.81.